The molecule has 6 nitrogen and oxygen atoms in total. The van der Waals surface area contributed by atoms with E-state index in [0.29, 0.717) is 40.5 Å². The van der Waals surface area contributed by atoms with Crippen LogP contribution in [0, 0.1) is 0 Å². The van der Waals surface area contributed by atoms with E-state index < -0.39 is 24.3 Å². The van der Waals surface area contributed by atoms with E-state index in [4.69, 9.17) is 14.8 Å². The number of hydrogen-bond donors (Lipinski definition) is 1. The van der Waals surface area contributed by atoms with Gasteiger partial charge in [0, 0.05) is 29.5 Å². The average Bonchev–Trinajstić information content (AvgIpc) is 3.18. The van der Waals surface area contributed by atoms with Crippen molar-refractivity contribution >= 4 is 28.9 Å². The maximum atomic E-state index is 12.9. The minimum atomic E-state index is -4.39. The molecule has 0 spiro atoms. The molecule has 0 radical (unpaired) electrons. The van der Waals surface area contributed by atoms with Crippen molar-refractivity contribution in [3.8, 4) is 17.1 Å². The Bertz CT molecular complexity index is 1370. The van der Waals surface area contributed by atoms with E-state index in [-0.39, 0.29) is 0 Å². The minimum Gasteiger partial charge on any atom is -0.482 e. The summed E-state index contributed by atoms with van der Waals surface area (Å²) in [7, 11) is 1.79. The van der Waals surface area contributed by atoms with Crippen molar-refractivity contribution in [2.75, 3.05) is 6.61 Å². The molecule has 0 fully saturated rings. The molecule has 0 amide bonds. The number of aryl methyl sites for hydroxylation is 2. The molecule has 1 N–H and O–H groups in total. The van der Waals surface area contributed by atoms with Crippen LogP contribution in [0.15, 0.2) is 59.6 Å². The molecule has 0 atom stereocenters. The Labute approximate surface area is 203 Å². The SMILES string of the molecule is CCc1cc(SCc2ccnc3c2nc(-c2ccc(C(F)(F)F)cc2)n3C)ccc1OCC(=O)O. The Balaban J connectivity index is 1.58. The number of aromatic nitrogens is 3. The Morgan fingerprint density at radius 2 is 1.86 bits per heavy atom. The summed E-state index contributed by atoms with van der Waals surface area (Å²) in [6, 6.07) is 12.4. The van der Waals surface area contributed by atoms with Crippen molar-refractivity contribution in [3.63, 3.8) is 0 Å². The third kappa shape index (κ3) is 5.43. The molecule has 0 aliphatic rings. The van der Waals surface area contributed by atoms with Crippen LogP contribution in [0.1, 0.15) is 23.6 Å². The van der Waals surface area contributed by atoms with E-state index in [1.807, 2.05) is 25.1 Å². The lowest BCUT2D eigenvalue weighted by Gasteiger charge is -2.11. The summed E-state index contributed by atoms with van der Waals surface area (Å²) in [6.45, 7) is 1.58. The Hall–Kier alpha value is -3.53. The fraction of sp³-hybridized carbons (Fsp3) is 0.240. The summed E-state index contributed by atoms with van der Waals surface area (Å²) in [5.41, 5.74) is 3.05. The van der Waals surface area contributed by atoms with Crippen LogP contribution < -0.4 is 4.74 Å². The fourth-order valence-electron chi connectivity index (χ4n) is 3.68. The molecule has 0 saturated heterocycles. The van der Waals surface area contributed by atoms with Crippen LogP contribution in [0.4, 0.5) is 13.2 Å². The lowest BCUT2D eigenvalue weighted by Crippen LogP contribution is -2.10. The number of ether oxygens (including phenoxy) is 1. The van der Waals surface area contributed by atoms with Crippen LogP contribution in [-0.2, 0) is 30.2 Å². The molecule has 2 aromatic heterocycles. The van der Waals surface area contributed by atoms with Gasteiger partial charge in [0.2, 0.25) is 0 Å². The molecule has 0 saturated carbocycles. The summed E-state index contributed by atoms with van der Waals surface area (Å²) in [5, 5.41) is 8.84. The predicted octanol–water partition coefficient (Wildman–Crippen LogP) is 5.97. The minimum absolute atomic E-state index is 0.393. The van der Waals surface area contributed by atoms with Gasteiger partial charge in [-0.25, -0.2) is 14.8 Å². The van der Waals surface area contributed by atoms with Gasteiger partial charge in [-0.05, 0) is 53.9 Å². The first-order chi connectivity index (χ1) is 16.7. The first-order valence-electron chi connectivity index (χ1n) is 10.8. The van der Waals surface area contributed by atoms with Gasteiger partial charge < -0.3 is 14.4 Å². The number of halogens is 3. The van der Waals surface area contributed by atoms with E-state index in [2.05, 4.69) is 4.98 Å². The summed E-state index contributed by atoms with van der Waals surface area (Å²) in [5.74, 6) is 0.655. The van der Waals surface area contributed by atoms with Crippen molar-refractivity contribution in [1.82, 2.24) is 14.5 Å². The number of carboxylic acids is 1. The van der Waals surface area contributed by atoms with Crippen LogP contribution in [0.3, 0.4) is 0 Å². The number of carboxylic acid groups (broad SMARTS) is 1. The number of thioether (sulfide) groups is 1. The van der Waals surface area contributed by atoms with Crippen LogP contribution in [-0.4, -0.2) is 32.2 Å². The highest BCUT2D eigenvalue weighted by atomic mass is 32.2. The molecular weight excluding hydrogens is 479 g/mol. The smallest absolute Gasteiger partial charge is 0.416 e. The van der Waals surface area contributed by atoms with Gasteiger partial charge in [-0.3, -0.25) is 0 Å². The Morgan fingerprint density at radius 1 is 1.11 bits per heavy atom. The number of pyridine rings is 1. The van der Waals surface area contributed by atoms with Gasteiger partial charge >= 0.3 is 12.1 Å². The Morgan fingerprint density at radius 3 is 2.51 bits per heavy atom. The molecule has 0 aliphatic heterocycles. The highest BCUT2D eigenvalue weighted by Gasteiger charge is 2.30. The van der Waals surface area contributed by atoms with E-state index in [1.54, 1.807) is 35.6 Å². The molecule has 0 bridgehead atoms. The van der Waals surface area contributed by atoms with Gasteiger partial charge in [-0.1, -0.05) is 19.1 Å². The van der Waals surface area contributed by atoms with E-state index in [0.717, 1.165) is 28.2 Å². The summed E-state index contributed by atoms with van der Waals surface area (Å²) < 4.78 is 45.9. The van der Waals surface area contributed by atoms with Crippen molar-refractivity contribution < 1.29 is 27.8 Å². The average molecular weight is 502 g/mol. The van der Waals surface area contributed by atoms with Crippen LogP contribution in [0.25, 0.3) is 22.6 Å². The van der Waals surface area contributed by atoms with Gasteiger partial charge in [0.15, 0.2) is 12.3 Å². The molecule has 35 heavy (non-hydrogen) atoms. The van der Waals surface area contributed by atoms with Crippen molar-refractivity contribution in [3.05, 3.63) is 71.4 Å². The zero-order valence-electron chi connectivity index (χ0n) is 19.0. The van der Waals surface area contributed by atoms with E-state index in [1.165, 1.54) is 12.1 Å². The maximum absolute atomic E-state index is 12.9. The third-order valence-electron chi connectivity index (χ3n) is 5.47. The first-order valence-corrected chi connectivity index (χ1v) is 11.7. The zero-order valence-corrected chi connectivity index (χ0v) is 19.8. The highest BCUT2D eigenvalue weighted by Crippen LogP contribution is 2.33. The molecule has 0 unspecified atom stereocenters. The van der Waals surface area contributed by atoms with Gasteiger partial charge in [-0.15, -0.1) is 11.8 Å². The number of rotatable bonds is 8. The van der Waals surface area contributed by atoms with Gasteiger partial charge in [0.25, 0.3) is 0 Å². The second-order valence-corrected chi connectivity index (χ2v) is 8.85. The molecule has 10 heteroatoms. The number of imidazole rings is 1. The van der Waals surface area contributed by atoms with Gasteiger partial charge in [-0.2, -0.15) is 13.2 Å². The number of aliphatic carboxylic acids is 1. The predicted molar refractivity (Wildman–Crippen MR) is 127 cm³/mol. The van der Waals surface area contributed by atoms with E-state index in [9.17, 15) is 18.0 Å². The van der Waals surface area contributed by atoms with Crippen molar-refractivity contribution in [2.45, 2.75) is 30.2 Å². The second-order valence-electron chi connectivity index (χ2n) is 7.81. The fourth-order valence-corrected chi connectivity index (χ4v) is 4.62. The highest BCUT2D eigenvalue weighted by molar-refractivity contribution is 7.98. The van der Waals surface area contributed by atoms with E-state index >= 15 is 0 Å². The number of carbonyl (C=O) groups is 1. The number of benzene rings is 2. The molecular formula is C25H22F3N3O3S. The molecule has 0 aliphatic carbocycles. The summed E-state index contributed by atoms with van der Waals surface area (Å²) in [4.78, 5) is 20.9. The quantitative estimate of drug-likeness (QED) is 0.300. The molecule has 182 valence electrons. The van der Waals surface area contributed by atoms with Crippen LogP contribution in [0.5, 0.6) is 5.75 Å². The number of fused-ring (bicyclic) bond motifs is 1. The largest absolute Gasteiger partial charge is 0.482 e. The van der Waals surface area contributed by atoms with Crippen molar-refractivity contribution in [1.29, 1.82) is 0 Å². The Kier molecular flexibility index (Phi) is 7.02. The summed E-state index contributed by atoms with van der Waals surface area (Å²) in [6.07, 6.45) is -2.01. The van der Waals surface area contributed by atoms with Crippen molar-refractivity contribution in [2.24, 2.45) is 7.05 Å². The summed E-state index contributed by atoms with van der Waals surface area (Å²) >= 11 is 1.59. The van der Waals surface area contributed by atoms with Crippen LogP contribution in [0.2, 0.25) is 0 Å². The number of alkyl halides is 3. The van der Waals surface area contributed by atoms with Gasteiger partial charge in [0.1, 0.15) is 17.1 Å². The molecule has 2 aromatic carbocycles. The molecule has 2 heterocycles. The first kappa shape index (κ1) is 24.6. The van der Waals surface area contributed by atoms with Crippen LogP contribution >= 0.6 is 11.8 Å². The molecule has 4 aromatic rings. The lowest BCUT2D eigenvalue weighted by molar-refractivity contribution is -0.139. The topological polar surface area (TPSA) is 77.2 Å². The number of hydrogen-bond acceptors (Lipinski definition) is 5. The van der Waals surface area contributed by atoms with Gasteiger partial charge in [0.05, 0.1) is 5.56 Å². The maximum Gasteiger partial charge on any atom is 0.416 e. The second kappa shape index (κ2) is 9.99. The zero-order chi connectivity index (χ0) is 25.2. The third-order valence-corrected chi connectivity index (χ3v) is 6.51. The standard InChI is InChI=1S/C25H22F3N3O3S/c1-3-15-12-19(8-9-20(15)34-13-21(32)33)35-14-17-10-11-29-24-22(17)30-23(31(24)2)16-4-6-18(7-5-16)25(26,27)28/h4-12H,3,13-14H2,1-2H3,(H,32,33). The normalized spacial score (nSPS) is 11.7. The number of nitrogens with zero attached hydrogens (tertiary/aromatic N) is 3. The monoisotopic (exact) mass is 501 g/mol. The molecule has 4 rings (SSSR count). The lowest BCUT2D eigenvalue weighted by atomic mass is 10.1.